The van der Waals surface area contributed by atoms with Gasteiger partial charge in [-0.1, -0.05) is 0 Å². The van der Waals surface area contributed by atoms with Gasteiger partial charge in [-0.25, -0.2) is 13.4 Å². The van der Waals surface area contributed by atoms with E-state index in [1.54, 1.807) is 12.1 Å². The number of piperidine rings is 1. The number of anilines is 2. The molecular weight excluding hydrogens is 444 g/mol. The predicted octanol–water partition coefficient (Wildman–Crippen LogP) is 1.03. The number of ether oxygens (including phenoxy) is 1. The van der Waals surface area contributed by atoms with Crippen LogP contribution in [0.25, 0.3) is 0 Å². The third-order valence-corrected chi connectivity index (χ3v) is 7.94. The molecule has 2 aliphatic heterocycles. The first-order valence-corrected chi connectivity index (χ1v) is 12.6. The van der Waals surface area contributed by atoms with E-state index in [2.05, 4.69) is 14.9 Å². The molecule has 10 nitrogen and oxygen atoms in total. The van der Waals surface area contributed by atoms with Crippen molar-refractivity contribution in [2.45, 2.75) is 29.1 Å². The van der Waals surface area contributed by atoms with Gasteiger partial charge in [0.15, 0.2) is 0 Å². The second-order valence-electron chi connectivity index (χ2n) is 8.30. The molecule has 2 aliphatic rings. The fourth-order valence-electron chi connectivity index (χ4n) is 4.16. The zero-order valence-corrected chi connectivity index (χ0v) is 19.6. The number of nitrogen functional groups attached to an aromatic ring is 1. The average Bonchev–Trinajstić information content (AvgIpc) is 2.85. The molecule has 1 amide bonds. The van der Waals surface area contributed by atoms with Crippen LogP contribution in [0, 0.1) is 0 Å². The van der Waals surface area contributed by atoms with Gasteiger partial charge in [0.25, 0.3) is 0 Å². The summed E-state index contributed by atoms with van der Waals surface area (Å²) in [4.78, 5) is 27.1. The second-order valence-corrected chi connectivity index (χ2v) is 10.2. The van der Waals surface area contributed by atoms with E-state index in [4.69, 9.17) is 10.5 Å². The summed E-state index contributed by atoms with van der Waals surface area (Å²) in [5, 5.41) is 0. The minimum absolute atomic E-state index is 0.0847. The van der Waals surface area contributed by atoms with Crippen molar-refractivity contribution < 1.29 is 17.9 Å². The summed E-state index contributed by atoms with van der Waals surface area (Å²) in [6.45, 7) is 4.82. The highest BCUT2D eigenvalue weighted by Crippen LogP contribution is 2.27. The van der Waals surface area contributed by atoms with Crippen LogP contribution in [0.3, 0.4) is 0 Å². The number of amides is 1. The molecule has 1 aromatic heterocycles. The Kier molecular flexibility index (Phi) is 6.99. The van der Waals surface area contributed by atoms with Crippen molar-refractivity contribution in [3.8, 4) is 5.75 Å². The summed E-state index contributed by atoms with van der Waals surface area (Å²) in [6.07, 6.45) is 4.64. The van der Waals surface area contributed by atoms with Gasteiger partial charge in [0.2, 0.25) is 21.7 Å². The van der Waals surface area contributed by atoms with Crippen molar-refractivity contribution in [3.63, 3.8) is 0 Å². The lowest BCUT2D eigenvalue weighted by Crippen LogP contribution is -2.51. The minimum Gasteiger partial charge on any atom is -0.497 e. The molecule has 0 saturated carbocycles. The second kappa shape index (κ2) is 9.92. The van der Waals surface area contributed by atoms with Gasteiger partial charge < -0.3 is 20.3 Å². The van der Waals surface area contributed by atoms with Crippen molar-refractivity contribution in [3.05, 3.63) is 30.5 Å². The quantitative estimate of drug-likeness (QED) is 0.654. The van der Waals surface area contributed by atoms with Gasteiger partial charge in [-0.05, 0) is 43.5 Å². The Bertz CT molecular complexity index is 1080. The summed E-state index contributed by atoms with van der Waals surface area (Å²) in [5.41, 5.74) is 6.04. The molecule has 0 unspecified atom stereocenters. The van der Waals surface area contributed by atoms with Crippen molar-refractivity contribution >= 4 is 27.5 Å². The van der Waals surface area contributed by atoms with Crippen LogP contribution in [0.1, 0.15) is 19.3 Å². The summed E-state index contributed by atoms with van der Waals surface area (Å²) in [7, 11) is -2.34. The number of methoxy groups -OCH3 is 1. The molecule has 2 N–H and O–H groups in total. The van der Waals surface area contributed by atoms with Crippen LogP contribution in [0.15, 0.2) is 40.3 Å². The summed E-state index contributed by atoms with van der Waals surface area (Å²) in [6, 6.07) is 6.08. The van der Waals surface area contributed by atoms with Crippen LogP contribution < -0.4 is 15.4 Å². The Morgan fingerprint density at radius 2 is 1.70 bits per heavy atom. The Labute approximate surface area is 194 Å². The maximum Gasteiger partial charge on any atom is 0.236 e. The number of hydrogen-bond acceptors (Lipinski definition) is 9. The van der Waals surface area contributed by atoms with E-state index in [-0.39, 0.29) is 21.5 Å². The molecule has 0 aliphatic carbocycles. The van der Waals surface area contributed by atoms with E-state index in [1.165, 1.54) is 31.9 Å². The average molecular weight is 475 g/mol. The number of nitrogens with zero attached hydrogens (tertiary/aromatic N) is 5. The first kappa shape index (κ1) is 23.2. The number of hydrogen-bond donors (Lipinski definition) is 1. The van der Waals surface area contributed by atoms with Gasteiger partial charge in [0, 0.05) is 39.3 Å². The monoisotopic (exact) mass is 474 g/mol. The molecule has 0 spiro atoms. The van der Waals surface area contributed by atoms with Gasteiger partial charge in [0.05, 0.1) is 24.7 Å². The topological polar surface area (TPSA) is 122 Å². The standard InChI is InChI=1S/C22H30N6O4S/c1-32-17-5-7-18(8-6-17)33(30,31)19-15-24-22(25-21(19)23)28-13-11-26(12-14-28)16-20(29)27-9-3-2-4-10-27/h5-8,15H,2-4,9-14,16H2,1H3,(H2,23,24,25). The van der Waals surface area contributed by atoms with Crippen LogP contribution >= 0.6 is 0 Å². The minimum atomic E-state index is -3.85. The number of piperazine rings is 1. The first-order valence-electron chi connectivity index (χ1n) is 11.2. The Morgan fingerprint density at radius 3 is 2.30 bits per heavy atom. The van der Waals surface area contributed by atoms with Gasteiger partial charge >= 0.3 is 0 Å². The van der Waals surface area contributed by atoms with Crippen molar-refractivity contribution in [1.29, 1.82) is 0 Å². The van der Waals surface area contributed by atoms with Crippen LogP contribution in [0.2, 0.25) is 0 Å². The predicted molar refractivity (Wildman–Crippen MR) is 124 cm³/mol. The summed E-state index contributed by atoms with van der Waals surface area (Å²) >= 11 is 0. The van der Waals surface area contributed by atoms with Gasteiger partial charge in [0.1, 0.15) is 16.5 Å². The van der Waals surface area contributed by atoms with Crippen molar-refractivity contribution in [1.82, 2.24) is 19.8 Å². The van der Waals surface area contributed by atoms with E-state index in [1.807, 2.05) is 9.80 Å². The molecule has 2 saturated heterocycles. The Hall–Kier alpha value is -2.92. The fraction of sp³-hybridized carbons (Fsp3) is 0.500. The third-order valence-electron chi connectivity index (χ3n) is 6.15. The lowest BCUT2D eigenvalue weighted by Gasteiger charge is -2.36. The largest absolute Gasteiger partial charge is 0.497 e. The molecule has 33 heavy (non-hydrogen) atoms. The molecule has 2 aromatic rings. The smallest absolute Gasteiger partial charge is 0.236 e. The van der Waals surface area contributed by atoms with Crippen LogP contribution in [0.4, 0.5) is 11.8 Å². The van der Waals surface area contributed by atoms with Crippen LogP contribution in [-0.4, -0.2) is 87.0 Å². The van der Waals surface area contributed by atoms with E-state index in [9.17, 15) is 13.2 Å². The van der Waals surface area contributed by atoms with Crippen molar-refractivity contribution in [2.75, 3.05) is 63.6 Å². The molecule has 1 aromatic carbocycles. The number of aromatic nitrogens is 2. The zero-order chi connectivity index (χ0) is 23.4. The molecule has 178 valence electrons. The SMILES string of the molecule is COc1ccc(S(=O)(=O)c2cnc(N3CCN(CC(=O)N4CCCCC4)CC3)nc2N)cc1. The highest BCUT2D eigenvalue weighted by atomic mass is 32.2. The molecule has 11 heteroatoms. The van der Waals surface area contributed by atoms with Crippen molar-refractivity contribution in [2.24, 2.45) is 0 Å². The highest BCUT2D eigenvalue weighted by molar-refractivity contribution is 7.91. The zero-order valence-electron chi connectivity index (χ0n) is 18.8. The fourth-order valence-corrected chi connectivity index (χ4v) is 5.42. The molecule has 3 heterocycles. The van der Waals surface area contributed by atoms with Gasteiger partial charge in [-0.3, -0.25) is 9.69 Å². The third kappa shape index (κ3) is 5.19. The van der Waals surface area contributed by atoms with E-state index in [0.717, 1.165) is 25.9 Å². The van der Waals surface area contributed by atoms with Crippen LogP contribution in [0.5, 0.6) is 5.75 Å². The number of sulfone groups is 1. The molecular formula is C22H30N6O4S. The van der Waals surface area contributed by atoms with Gasteiger partial charge in [-0.15, -0.1) is 0 Å². The number of rotatable bonds is 6. The molecule has 0 radical (unpaired) electrons. The number of nitrogens with two attached hydrogens (primary N) is 1. The number of benzene rings is 1. The molecule has 0 atom stereocenters. The first-order chi connectivity index (χ1) is 15.9. The van der Waals surface area contributed by atoms with E-state index < -0.39 is 9.84 Å². The Morgan fingerprint density at radius 1 is 1.03 bits per heavy atom. The van der Waals surface area contributed by atoms with E-state index in [0.29, 0.717) is 44.4 Å². The normalized spacial score (nSPS) is 17.7. The number of carbonyl (C=O) groups is 1. The van der Waals surface area contributed by atoms with E-state index >= 15 is 0 Å². The molecule has 0 bridgehead atoms. The van der Waals surface area contributed by atoms with Gasteiger partial charge in [-0.2, -0.15) is 4.98 Å². The maximum absolute atomic E-state index is 13.0. The lowest BCUT2D eigenvalue weighted by atomic mass is 10.1. The number of carbonyl (C=O) groups excluding carboxylic acids is 1. The maximum atomic E-state index is 13.0. The molecule has 4 rings (SSSR count). The highest BCUT2D eigenvalue weighted by Gasteiger charge is 2.26. The Balaban J connectivity index is 1.38. The number of likely N-dealkylation sites (tertiary alicyclic amines) is 1. The lowest BCUT2D eigenvalue weighted by molar-refractivity contribution is -0.133. The molecule has 2 fully saturated rings. The summed E-state index contributed by atoms with van der Waals surface area (Å²) < 4.78 is 31.0. The summed E-state index contributed by atoms with van der Waals surface area (Å²) in [5.74, 6) is 1.06. The van der Waals surface area contributed by atoms with Crippen LogP contribution in [-0.2, 0) is 14.6 Å².